The standard InChI is InChI=1S/C30H33NO2/c1-24(2)25(3)14-13-21-30(27-17-9-5-10-18-27,28-19-11-6-12-20-28)23-31-29(32)33-22-26-15-7-4-8-16-26/h4-13,15-20,24H,21-23H2,1-3H3,(H,31,32). The molecule has 0 unspecified atom stereocenters. The number of hydrogen-bond acceptors (Lipinski definition) is 2. The second kappa shape index (κ2) is 11.9. The summed E-state index contributed by atoms with van der Waals surface area (Å²) < 4.78 is 5.49. The molecule has 3 aromatic rings. The normalized spacial score (nSPS) is 10.9. The van der Waals surface area contributed by atoms with Crippen molar-refractivity contribution < 1.29 is 9.53 Å². The van der Waals surface area contributed by atoms with Crippen molar-refractivity contribution in [3.63, 3.8) is 0 Å². The maximum Gasteiger partial charge on any atom is 0.407 e. The van der Waals surface area contributed by atoms with Gasteiger partial charge in [0, 0.05) is 12.0 Å². The van der Waals surface area contributed by atoms with Crippen LogP contribution in [0, 0.1) is 5.92 Å². The predicted octanol–water partition coefficient (Wildman–Crippen LogP) is 7.05. The number of benzene rings is 3. The summed E-state index contributed by atoms with van der Waals surface area (Å²) in [5.41, 5.74) is 7.46. The van der Waals surface area contributed by atoms with Crippen LogP contribution in [0.4, 0.5) is 4.79 Å². The first kappa shape index (κ1) is 24.1. The number of carbonyl (C=O) groups excluding carboxylic acids is 1. The van der Waals surface area contributed by atoms with Crippen LogP contribution >= 0.6 is 0 Å². The Morgan fingerprint density at radius 3 is 1.94 bits per heavy atom. The molecular formula is C30H33NO2. The molecule has 0 spiro atoms. The molecule has 1 amide bonds. The van der Waals surface area contributed by atoms with Crippen molar-refractivity contribution in [3.8, 4) is 0 Å². The van der Waals surface area contributed by atoms with Crippen molar-refractivity contribution in [3.05, 3.63) is 125 Å². The monoisotopic (exact) mass is 439 g/mol. The van der Waals surface area contributed by atoms with Gasteiger partial charge in [-0.3, -0.25) is 0 Å². The number of allylic oxidation sites excluding steroid dienone is 1. The predicted molar refractivity (Wildman–Crippen MR) is 135 cm³/mol. The van der Waals surface area contributed by atoms with Gasteiger partial charge in [0.05, 0.1) is 0 Å². The Kier molecular flexibility index (Phi) is 8.69. The Balaban J connectivity index is 1.89. The molecular weight excluding hydrogens is 406 g/mol. The lowest BCUT2D eigenvalue weighted by Crippen LogP contribution is -2.41. The summed E-state index contributed by atoms with van der Waals surface area (Å²) in [6.45, 7) is 7.09. The van der Waals surface area contributed by atoms with Crippen molar-refractivity contribution >= 4 is 6.09 Å². The van der Waals surface area contributed by atoms with Crippen LogP contribution in [0.3, 0.4) is 0 Å². The van der Waals surface area contributed by atoms with E-state index in [0.717, 1.165) is 16.7 Å². The van der Waals surface area contributed by atoms with Crippen LogP contribution in [0.15, 0.2) is 108 Å². The van der Waals surface area contributed by atoms with Crippen LogP contribution in [-0.4, -0.2) is 12.6 Å². The number of nitrogens with one attached hydrogen (secondary N) is 1. The maximum absolute atomic E-state index is 12.6. The van der Waals surface area contributed by atoms with Gasteiger partial charge in [-0.15, -0.1) is 5.73 Å². The van der Waals surface area contributed by atoms with Gasteiger partial charge in [0.25, 0.3) is 0 Å². The molecule has 0 aromatic heterocycles. The van der Waals surface area contributed by atoms with Gasteiger partial charge in [-0.2, -0.15) is 0 Å². The van der Waals surface area contributed by atoms with Gasteiger partial charge in [-0.25, -0.2) is 4.79 Å². The van der Waals surface area contributed by atoms with Gasteiger partial charge < -0.3 is 10.1 Å². The number of amides is 1. The lowest BCUT2D eigenvalue weighted by Gasteiger charge is -2.34. The van der Waals surface area contributed by atoms with E-state index in [4.69, 9.17) is 4.74 Å². The fourth-order valence-corrected chi connectivity index (χ4v) is 3.74. The van der Waals surface area contributed by atoms with Gasteiger partial charge in [0.2, 0.25) is 0 Å². The molecule has 0 radical (unpaired) electrons. The lowest BCUT2D eigenvalue weighted by atomic mass is 9.72. The van der Waals surface area contributed by atoms with Crippen LogP contribution in [0.1, 0.15) is 43.9 Å². The molecule has 0 aliphatic heterocycles. The summed E-state index contributed by atoms with van der Waals surface area (Å²) in [7, 11) is 0. The average molecular weight is 440 g/mol. The van der Waals surface area contributed by atoms with Gasteiger partial charge in [0.1, 0.15) is 6.61 Å². The third-order valence-electron chi connectivity index (χ3n) is 6.05. The lowest BCUT2D eigenvalue weighted by molar-refractivity contribution is 0.137. The number of carbonyl (C=O) groups is 1. The van der Waals surface area contributed by atoms with E-state index in [-0.39, 0.29) is 6.61 Å². The highest BCUT2D eigenvalue weighted by Crippen LogP contribution is 2.36. The number of alkyl carbamates (subject to hydrolysis) is 1. The zero-order valence-electron chi connectivity index (χ0n) is 19.8. The van der Waals surface area contributed by atoms with Crippen molar-refractivity contribution in [1.29, 1.82) is 0 Å². The van der Waals surface area contributed by atoms with Crippen molar-refractivity contribution in [2.75, 3.05) is 6.54 Å². The van der Waals surface area contributed by atoms with E-state index in [9.17, 15) is 4.79 Å². The van der Waals surface area contributed by atoms with Crippen LogP contribution in [0.2, 0.25) is 0 Å². The highest BCUT2D eigenvalue weighted by atomic mass is 16.5. The molecule has 170 valence electrons. The Labute approximate surface area is 197 Å². The Morgan fingerprint density at radius 2 is 1.42 bits per heavy atom. The molecule has 0 bridgehead atoms. The SMILES string of the molecule is CC(=C=CCC(CNC(=O)OCc1ccccc1)(c1ccccc1)c1ccccc1)C(C)C. The van der Waals surface area contributed by atoms with Crippen LogP contribution in [0.25, 0.3) is 0 Å². The van der Waals surface area contributed by atoms with E-state index < -0.39 is 11.5 Å². The number of ether oxygens (including phenoxy) is 1. The van der Waals surface area contributed by atoms with Gasteiger partial charge in [0.15, 0.2) is 0 Å². The molecule has 0 aliphatic carbocycles. The fraction of sp³-hybridized carbons (Fsp3) is 0.267. The summed E-state index contributed by atoms with van der Waals surface area (Å²) in [4.78, 5) is 12.6. The Bertz CT molecular complexity index is 1030. The second-order valence-corrected chi connectivity index (χ2v) is 8.62. The largest absolute Gasteiger partial charge is 0.445 e. The Hall–Kier alpha value is -3.55. The van der Waals surface area contributed by atoms with Crippen LogP contribution in [0.5, 0.6) is 0 Å². The zero-order valence-corrected chi connectivity index (χ0v) is 19.8. The quantitative estimate of drug-likeness (QED) is 0.363. The molecule has 0 saturated carbocycles. The molecule has 0 aliphatic rings. The molecule has 1 N–H and O–H groups in total. The van der Waals surface area contributed by atoms with E-state index in [1.165, 1.54) is 5.57 Å². The Morgan fingerprint density at radius 1 is 0.909 bits per heavy atom. The molecule has 0 heterocycles. The van der Waals surface area contributed by atoms with E-state index in [0.29, 0.717) is 18.9 Å². The van der Waals surface area contributed by atoms with E-state index in [2.05, 4.69) is 62.2 Å². The smallest absolute Gasteiger partial charge is 0.407 e. The van der Waals surface area contributed by atoms with Gasteiger partial charge in [-0.1, -0.05) is 105 Å². The summed E-state index contributed by atoms with van der Waals surface area (Å²) in [6, 6.07) is 30.4. The molecule has 3 heteroatoms. The summed E-state index contributed by atoms with van der Waals surface area (Å²) in [5, 5.41) is 3.04. The highest BCUT2D eigenvalue weighted by molar-refractivity contribution is 5.67. The third-order valence-corrected chi connectivity index (χ3v) is 6.05. The minimum absolute atomic E-state index is 0.243. The first-order valence-corrected chi connectivity index (χ1v) is 11.5. The van der Waals surface area contributed by atoms with Crippen molar-refractivity contribution in [2.24, 2.45) is 5.92 Å². The molecule has 3 nitrogen and oxygen atoms in total. The molecule has 3 aromatic carbocycles. The van der Waals surface area contributed by atoms with Crippen LogP contribution < -0.4 is 5.32 Å². The number of rotatable bonds is 9. The molecule has 0 atom stereocenters. The first-order valence-electron chi connectivity index (χ1n) is 11.5. The van der Waals surface area contributed by atoms with E-state index in [1.54, 1.807) is 0 Å². The summed E-state index contributed by atoms with van der Waals surface area (Å²) in [6.07, 6.45) is 2.38. The van der Waals surface area contributed by atoms with E-state index >= 15 is 0 Å². The summed E-state index contributed by atoms with van der Waals surface area (Å²) in [5.74, 6) is 0.440. The minimum Gasteiger partial charge on any atom is -0.445 e. The topological polar surface area (TPSA) is 38.3 Å². The van der Waals surface area contributed by atoms with Gasteiger partial charge >= 0.3 is 6.09 Å². The number of hydrogen-bond donors (Lipinski definition) is 1. The van der Waals surface area contributed by atoms with Gasteiger partial charge in [-0.05, 0) is 47.6 Å². The first-order chi connectivity index (χ1) is 16.0. The minimum atomic E-state index is -0.446. The van der Waals surface area contributed by atoms with Crippen molar-refractivity contribution in [2.45, 2.75) is 39.2 Å². The molecule has 0 fully saturated rings. The molecule has 3 rings (SSSR count). The summed E-state index contributed by atoms with van der Waals surface area (Å²) >= 11 is 0. The highest BCUT2D eigenvalue weighted by Gasteiger charge is 2.34. The average Bonchev–Trinajstić information content (AvgIpc) is 2.86. The zero-order chi connectivity index (χ0) is 23.5. The molecule has 0 saturated heterocycles. The second-order valence-electron chi connectivity index (χ2n) is 8.62. The van der Waals surface area contributed by atoms with Crippen LogP contribution in [-0.2, 0) is 16.8 Å². The fourth-order valence-electron chi connectivity index (χ4n) is 3.74. The van der Waals surface area contributed by atoms with E-state index in [1.807, 2.05) is 66.7 Å². The van der Waals surface area contributed by atoms with Crippen molar-refractivity contribution in [1.82, 2.24) is 5.32 Å². The maximum atomic E-state index is 12.6. The third kappa shape index (κ3) is 6.71. The molecule has 33 heavy (non-hydrogen) atoms.